The summed E-state index contributed by atoms with van der Waals surface area (Å²) in [4.78, 5) is 26.0. The first kappa shape index (κ1) is 18.7. The van der Waals surface area contributed by atoms with Gasteiger partial charge in [-0.2, -0.15) is 9.78 Å². The van der Waals surface area contributed by atoms with E-state index in [0.29, 0.717) is 26.9 Å². The summed E-state index contributed by atoms with van der Waals surface area (Å²) >= 11 is 6.20. The average molecular weight is 407 g/mol. The van der Waals surface area contributed by atoms with Gasteiger partial charge in [0.2, 0.25) is 0 Å². The Kier molecular flexibility index (Phi) is 5.01. The van der Waals surface area contributed by atoms with Gasteiger partial charge in [0.25, 0.3) is 5.56 Å². The number of hydrogen-bond acceptors (Lipinski definition) is 5. The van der Waals surface area contributed by atoms with Gasteiger partial charge in [-0.15, -0.1) is 0 Å². The number of benzene rings is 2. The molecule has 0 atom stereocenters. The van der Waals surface area contributed by atoms with E-state index in [1.807, 2.05) is 30.3 Å². The highest BCUT2D eigenvalue weighted by Gasteiger charge is 2.24. The van der Waals surface area contributed by atoms with Crippen LogP contribution in [-0.4, -0.2) is 24.0 Å². The van der Waals surface area contributed by atoms with E-state index in [1.165, 1.54) is 25.9 Å². The van der Waals surface area contributed by atoms with Crippen molar-refractivity contribution >= 4 is 34.6 Å². The molecule has 0 aliphatic heterocycles. The lowest BCUT2D eigenvalue weighted by Gasteiger charge is -2.15. The van der Waals surface area contributed by atoms with Gasteiger partial charge < -0.3 is 9.15 Å². The molecule has 2 heterocycles. The smallest absolute Gasteiger partial charge is 0.357 e. The van der Waals surface area contributed by atoms with E-state index in [1.54, 1.807) is 24.3 Å². The van der Waals surface area contributed by atoms with Gasteiger partial charge >= 0.3 is 5.97 Å². The molecule has 0 N–H and O–H groups in total. The second-order valence-corrected chi connectivity index (χ2v) is 6.63. The summed E-state index contributed by atoms with van der Waals surface area (Å²) in [7, 11) is 1.26. The zero-order valence-electron chi connectivity index (χ0n) is 15.3. The van der Waals surface area contributed by atoms with Crippen molar-refractivity contribution in [3.05, 3.63) is 93.8 Å². The third-order valence-corrected chi connectivity index (χ3v) is 4.66. The summed E-state index contributed by atoms with van der Waals surface area (Å²) in [5.41, 5.74) is 1.44. The zero-order valence-corrected chi connectivity index (χ0v) is 16.1. The number of furan rings is 1. The maximum Gasteiger partial charge on any atom is 0.357 e. The van der Waals surface area contributed by atoms with Crippen LogP contribution < -0.4 is 5.56 Å². The fraction of sp³-hybridized carbons (Fsp3) is 0.0455. The number of carbonyl (C=O) groups excluding carboxylic acids is 1. The van der Waals surface area contributed by atoms with Gasteiger partial charge in [0.05, 0.1) is 25.9 Å². The van der Waals surface area contributed by atoms with Gasteiger partial charge in [-0.1, -0.05) is 41.9 Å². The molecule has 0 spiro atoms. The fourth-order valence-corrected chi connectivity index (χ4v) is 3.30. The maximum atomic E-state index is 13.2. The number of halogens is 1. The molecule has 0 radical (unpaired) electrons. The van der Waals surface area contributed by atoms with Crippen LogP contribution in [0.25, 0.3) is 21.9 Å². The molecule has 0 aliphatic rings. The van der Waals surface area contributed by atoms with Gasteiger partial charge in [0, 0.05) is 21.5 Å². The van der Waals surface area contributed by atoms with Crippen molar-refractivity contribution in [1.29, 1.82) is 0 Å². The summed E-state index contributed by atoms with van der Waals surface area (Å²) in [5.74, 6) is -0.688. The van der Waals surface area contributed by atoms with Crippen molar-refractivity contribution in [2.24, 2.45) is 5.10 Å². The number of hydrogen-bond donors (Lipinski definition) is 0. The van der Waals surface area contributed by atoms with Crippen molar-refractivity contribution in [2.75, 3.05) is 7.11 Å². The van der Waals surface area contributed by atoms with Crippen LogP contribution in [0.3, 0.4) is 0 Å². The van der Waals surface area contributed by atoms with Crippen LogP contribution in [0.5, 0.6) is 0 Å². The first-order chi connectivity index (χ1) is 14.1. The summed E-state index contributed by atoms with van der Waals surface area (Å²) in [6.45, 7) is 0. The molecule has 0 saturated carbocycles. The lowest BCUT2D eigenvalue weighted by atomic mass is 9.97. The molecule has 6 nitrogen and oxygen atoms in total. The van der Waals surface area contributed by atoms with E-state index < -0.39 is 11.5 Å². The summed E-state index contributed by atoms with van der Waals surface area (Å²) in [5, 5.41) is 5.64. The molecule has 0 bridgehead atoms. The Bertz CT molecular complexity index is 1280. The van der Waals surface area contributed by atoms with Gasteiger partial charge in [-0.05, 0) is 35.2 Å². The van der Waals surface area contributed by atoms with Crippen molar-refractivity contribution in [3.8, 4) is 11.1 Å². The van der Waals surface area contributed by atoms with E-state index in [9.17, 15) is 9.59 Å². The maximum absolute atomic E-state index is 13.2. The normalized spacial score (nSPS) is 11.2. The zero-order chi connectivity index (χ0) is 20.4. The molecule has 4 aromatic rings. The molecular weight excluding hydrogens is 392 g/mol. The highest BCUT2D eigenvalue weighted by Crippen LogP contribution is 2.32. The Morgan fingerprint density at radius 1 is 1.14 bits per heavy atom. The second-order valence-electron chi connectivity index (χ2n) is 6.19. The Morgan fingerprint density at radius 3 is 2.62 bits per heavy atom. The minimum Gasteiger partial charge on any atom is -0.472 e. The highest BCUT2D eigenvalue weighted by atomic mass is 35.5. The second kappa shape index (κ2) is 7.77. The van der Waals surface area contributed by atoms with Crippen molar-refractivity contribution in [2.45, 2.75) is 0 Å². The molecule has 2 aromatic carbocycles. The highest BCUT2D eigenvalue weighted by molar-refractivity contribution is 6.31. The van der Waals surface area contributed by atoms with Crippen molar-refractivity contribution in [1.82, 2.24) is 4.68 Å². The van der Waals surface area contributed by atoms with E-state index >= 15 is 0 Å². The Morgan fingerprint density at radius 2 is 1.93 bits per heavy atom. The molecule has 0 saturated heterocycles. The molecule has 7 heteroatoms. The number of esters is 1. The van der Waals surface area contributed by atoms with E-state index in [4.69, 9.17) is 20.8 Å². The molecule has 0 aliphatic carbocycles. The minimum atomic E-state index is -0.688. The van der Waals surface area contributed by atoms with Gasteiger partial charge in [0.15, 0.2) is 5.69 Å². The molecule has 0 unspecified atom stereocenters. The van der Waals surface area contributed by atoms with Gasteiger partial charge in [-0.25, -0.2) is 4.79 Å². The van der Waals surface area contributed by atoms with Crippen LogP contribution in [0, 0.1) is 0 Å². The van der Waals surface area contributed by atoms with Crippen LogP contribution in [0.4, 0.5) is 0 Å². The largest absolute Gasteiger partial charge is 0.472 e. The summed E-state index contributed by atoms with van der Waals surface area (Å²) in [6.07, 6.45) is 4.41. The topological polar surface area (TPSA) is 73.8 Å². The molecule has 4 rings (SSSR count). The lowest BCUT2D eigenvalue weighted by Crippen LogP contribution is -2.25. The summed E-state index contributed by atoms with van der Waals surface area (Å²) < 4.78 is 11.1. The third kappa shape index (κ3) is 3.46. The number of fused-ring (bicyclic) bond motifs is 1. The predicted octanol–water partition coefficient (Wildman–Crippen LogP) is 4.58. The van der Waals surface area contributed by atoms with E-state index in [-0.39, 0.29) is 5.69 Å². The molecular formula is C22H15ClN2O4. The van der Waals surface area contributed by atoms with E-state index in [0.717, 1.165) is 10.2 Å². The number of rotatable bonds is 4. The average Bonchev–Trinajstić information content (AvgIpc) is 3.26. The van der Waals surface area contributed by atoms with Crippen LogP contribution in [0.1, 0.15) is 16.1 Å². The molecule has 2 aromatic heterocycles. The summed E-state index contributed by atoms with van der Waals surface area (Å²) in [6, 6.07) is 15.8. The van der Waals surface area contributed by atoms with E-state index in [2.05, 4.69) is 5.10 Å². The standard InChI is InChI=1S/C22H15ClN2O4/c1-28-22(27)20-19(15-5-3-2-4-6-15)18-11-16(23)7-8-17(18)21(26)25(20)24-12-14-9-10-29-13-14/h2-13H,1H3/b24-12+. The Balaban J connectivity index is 2.14. The third-order valence-electron chi connectivity index (χ3n) is 4.43. The number of methoxy groups -OCH3 is 1. The first-order valence-electron chi connectivity index (χ1n) is 8.68. The van der Waals surface area contributed by atoms with Crippen LogP contribution in [0.15, 0.2) is 81.4 Å². The van der Waals surface area contributed by atoms with Gasteiger partial charge in [-0.3, -0.25) is 4.79 Å². The number of pyridine rings is 1. The number of aromatic nitrogens is 1. The van der Waals surface area contributed by atoms with Crippen molar-refractivity contribution < 1.29 is 13.9 Å². The van der Waals surface area contributed by atoms with Gasteiger partial charge in [0.1, 0.15) is 0 Å². The monoisotopic (exact) mass is 406 g/mol. The molecule has 144 valence electrons. The fourth-order valence-electron chi connectivity index (χ4n) is 3.12. The number of ether oxygens (including phenoxy) is 1. The lowest BCUT2D eigenvalue weighted by molar-refractivity contribution is 0.0589. The minimum absolute atomic E-state index is 0.0122. The Labute approximate surface area is 170 Å². The van der Waals surface area contributed by atoms with Crippen molar-refractivity contribution in [3.63, 3.8) is 0 Å². The SMILES string of the molecule is COC(=O)c1c(-c2ccccc2)c2cc(Cl)ccc2c(=O)n1/N=C/c1ccoc1. The van der Waals surface area contributed by atoms with Crippen LogP contribution in [0.2, 0.25) is 5.02 Å². The molecule has 0 fully saturated rings. The Hall–Kier alpha value is -3.64. The molecule has 0 amide bonds. The first-order valence-corrected chi connectivity index (χ1v) is 9.06. The predicted molar refractivity (Wildman–Crippen MR) is 112 cm³/mol. The van der Waals surface area contributed by atoms with Crippen LogP contribution in [-0.2, 0) is 4.74 Å². The number of nitrogens with zero attached hydrogens (tertiary/aromatic N) is 2. The molecule has 29 heavy (non-hydrogen) atoms. The van der Waals surface area contributed by atoms with Crippen LogP contribution >= 0.6 is 11.6 Å². The quantitative estimate of drug-likeness (QED) is 0.367. The number of carbonyl (C=O) groups is 1.